The maximum atomic E-state index is 12.2. The summed E-state index contributed by atoms with van der Waals surface area (Å²) in [6, 6.07) is 0. The average Bonchev–Trinajstić information content (AvgIpc) is 2.48. The molecule has 1 unspecified atom stereocenters. The molecule has 6 nitrogen and oxygen atoms in total. The Morgan fingerprint density at radius 3 is 2.43 bits per heavy atom. The Labute approximate surface area is 138 Å². The number of carbonyl (C=O) groups excluding carboxylic acids is 2. The van der Waals surface area contributed by atoms with Crippen molar-refractivity contribution in [2.45, 2.75) is 59.3 Å². The zero-order chi connectivity index (χ0) is 17.5. The van der Waals surface area contributed by atoms with Gasteiger partial charge in [0.25, 0.3) is 0 Å². The Morgan fingerprint density at radius 2 is 1.83 bits per heavy atom. The Bertz CT molecular complexity index is 429. The van der Waals surface area contributed by atoms with Gasteiger partial charge in [-0.25, -0.2) is 0 Å². The van der Waals surface area contributed by atoms with E-state index in [0.717, 1.165) is 19.4 Å². The standard InChI is InChI=1S/C17H30N2O4/c1-17(2,3)16(23)18-11-13-7-6-10-19(12-13)14(20)8-4-5-9-15(21)22/h13H,4-12H2,1-3H3,(H,18,23)(H,21,22). The number of likely N-dealkylation sites (tertiary alicyclic amines) is 1. The van der Waals surface area contributed by atoms with Gasteiger partial charge in [0.1, 0.15) is 0 Å². The van der Waals surface area contributed by atoms with Crippen LogP contribution in [0.15, 0.2) is 0 Å². The lowest BCUT2D eigenvalue weighted by molar-refractivity contribution is -0.138. The van der Waals surface area contributed by atoms with Crippen molar-refractivity contribution in [1.29, 1.82) is 0 Å². The Morgan fingerprint density at radius 1 is 1.17 bits per heavy atom. The van der Waals surface area contributed by atoms with Gasteiger partial charge in [0.05, 0.1) is 0 Å². The summed E-state index contributed by atoms with van der Waals surface area (Å²) in [5.74, 6) is -0.375. The number of nitrogens with zero attached hydrogens (tertiary/aromatic N) is 1. The summed E-state index contributed by atoms with van der Waals surface area (Å²) in [7, 11) is 0. The highest BCUT2D eigenvalue weighted by atomic mass is 16.4. The molecule has 2 N–H and O–H groups in total. The van der Waals surface area contributed by atoms with E-state index in [4.69, 9.17) is 5.11 Å². The number of carboxylic acids is 1. The van der Waals surface area contributed by atoms with E-state index in [1.807, 2.05) is 25.7 Å². The molecular weight excluding hydrogens is 296 g/mol. The predicted octanol–water partition coefficient (Wildman–Crippen LogP) is 2.03. The maximum absolute atomic E-state index is 12.2. The van der Waals surface area contributed by atoms with Crippen LogP contribution in [0.5, 0.6) is 0 Å². The summed E-state index contributed by atoms with van der Waals surface area (Å²) < 4.78 is 0. The molecule has 0 spiro atoms. The minimum atomic E-state index is -0.815. The fourth-order valence-corrected chi connectivity index (χ4v) is 2.67. The smallest absolute Gasteiger partial charge is 0.303 e. The van der Waals surface area contributed by atoms with Crippen molar-refractivity contribution in [3.63, 3.8) is 0 Å². The second-order valence-corrected chi connectivity index (χ2v) is 7.41. The summed E-state index contributed by atoms with van der Waals surface area (Å²) in [5, 5.41) is 11.6. The summed E-state index contributed by atoms with van der Waals surface area (Å²) >= 11 is 0. The van der Waals surface area contributed by atoms with Gasteiger partial charge in [0.15, 0.2) is 0 Å². The van der Waals surface area contributed by atoms with E-state index in [1.165, 1.54) is 0 Å². The van der Waals surface area contributed by atoms with Crippen LogP contribution in [-0.2, 0) is 14.4 Å². The lowest BCUT2D eigenvalue weighted by Gasteiger charge is -2.33. The normalized spacial score (nSPS) is 18.6. The Hall–Kier alpha value is -1.59. The van der Waals surface area contributed by atoms with E-state index in [1.54, 1.807) is 0 Å². The van der Waals surface area contributed by atoms with Crippen molar-refractivity contribution in [3.05, 3.63) is 0 Å². The maximum Gasteiger partial charge on any atom is 0.303 e. The lowest BCUT2D eigenvalue weighted by Crippen LogP contribution is -2.45. The second-order valence-electron chi connectivity index (χ2n) is 7.41. The highest BCUT2D eigenvalue weighted by Gasteiger charge is 2.26. The molecule has 1 heterocycles. The first-order valence-electron chi connectivity index (χ1n) is 8.48. The van der Waals surface area contributed by atoms with Crippen LogP contribution in [0.2, 0.25) is 0 Å². The van der Waals surface area contributed by atoms with Gasteiger partial charge in [-0.2, -0.15) is 0 Å². The van der Waals surface area contributed by atoms with Gasteiger partial charge in [-0.1, -0.05) is 20.8 Å². The van der Waals surface area contributed by atoms with Crippen LogP contribution in [0.25, 0.3) is 0 Å². The molecule has 1 aliphatic heterocycles. The number of amides is 2. The number of nitrogens with one attached hydrogen (secondary N) is 1. The summed E-state index contributed by atoms with van der Waals surface area (Å²) in [4.78, 5) is 36.4. The van der Waals surface area contributed by atoms with Crippen LogP contribution in [0.4, 0.5) is 0 Å². The first-order valence-corrected chi connectivity index (χ1v) is 8.48. The quantitative estimate of drug-likeness (QED) is 0.701. The van der Waals surface area contributed by atoms with Gasteiger partial charge in [-0.15, -0.1) is 0 Å². The molecule has 1 rings (SSSR count). The fourth-order valence-electron chi connectivity index (χ4n) is 2.67. The first-order chi connectivity index (χ1) is 10.7. The van der Waals surface area contributed by atoms with E-state index in [0.29, 0.717) is 38.3 Å². The highest BCUT2D eigenvalue weighted by Crippen LogP contribution is 2.18. The summed E-state index contributed by atoms with van der Waals surface area (Å²) in [6.07, 6.45) is 3.67. The minimum absolute atomic E-state index is 0.0367. The number of hydrogen-bond donors (Lipinski definition) is 2. The van der Waals surface area contributed by atoms with Crippen molar-refractivity contribution >= 4 is 17.8 Å². The molecule has 1 atom stereocenters. The van der Waals surface area contributed by atoms with Gasteiger partial charge in [0, 0.05) is 37.9 Å². The van der Waals surface area contributed by atoms with Crippen LogP contribution in [0, 0.1) is 11.3 Å². The number of piperidine rings is 1. The number of hydrogen-bond acceptors (Lipinski definition) is 3. The third-order valence-corrected chi connectivity index (χ3v) is 4.14. The summed E-state index contributed by atoms with van der Waals surface area (Å²) in [6.45, 7) is 7.71. The number of rotatable bonds is 7. The molecule has 1 fully saturated rings. The van der Waals surface area contributed by atoms with Crippen LogP contribution in [-0.4, -0.2) is 47.4 Å². The second kappa shape index (κ2) is 8.89. The predicted molar refractivity (Wildman–Crippen MR) is 87.9 cm³/mol. The molecule has 1 saturated heterocycles. The number of unbranched alkanes of at least 4 members (excludes halogenated alkanes) is 1. The van der Waals surface area contributed by atoms with E-state index in [9.17, 15) is 14.4 Å². The van der Waals surface area contributed by atoms with Gasteiger partial charge >= 0.3 is 5.97 Å². The lowest BCUT2D eigenvalue weighted by atomic mass is 9.94. The zero-order valence-electron chi connectivity index (χ0n) is 14.6. The SMILES string of the molecule is CC(C)(C)C(=O)NCC1CCCN(C(=O)CCCCC(=O)O)C1. The third-order valence-electron chi connectivity index (χ3n) is 4.14. The van der Waals surface area contributed by atoms with Gasteiger partial charge < -0.3 is 15.3 Å². The van der Waals surface area contributed by atoms with Crippen molar-refractivity contribution in [1.82, 2.24) is 10.2 Å². The molecule has 132 valence electrons. The van der Waals surface area contributed by atoms with Gasteiger partial charge in [-0.3, -0.25) is 14.4 Å². The van der Waals surface area contributed by atoms with Crippen molar-refractivity contribution in [3.8, 4) is 0 Å². The molecule has 2 amide bonds. The minimum Gasteiger partial charge on any atom is -0.481 e. The van der Waals surface area contributed by atoms with Crippen LogP contribution in [0.3, 0.4) is 0 Å². The number of aliphatic carboxylic acids is 1. The molecule has 0 aromatic carbocycles. The Kier molecular flexibility index (Phi) is 7.52. The summed E-state index contributed by atoms with van der Waals surface area (Å²) in [5.41, 5.74) is -0.395. The first kappa shape index (κ1) is 19.5. The number of carboxylic acid groups (broad SMARTS) is 1. The van der Waals surface area contributed by atoms with Gasteiger partial charge in [0.2, 0.25) is 11.8 Å². The van der Waals surface area contributed by atoms with E-state index in [2.05, 4.69) is 5.32 Å². The van der Waals surface area contributed by atoms with E-state index >= 15 is 0 Å². The fraction of sp³-hybridized carbons (Fsp3) is 0.824. The van der Waals surface area contributed by atoms with Crippen molar-refractivity contribution < 1.29 is 19.5 Å². The zero-order valence-corrected chi connectivity index (χ0v) is 14.6. The molecule has 0 aliphatic carbocycles. The average molecular weight is 326 g/mol. The molecule has 0 radical (unpaired) electrons. The van der Waals surface area contributed by atoms with Crippen molar-refractivity contribution in [2.75, 3.05) is 19.6 Å². The van der Waals surface area contributed by atoms with Crippen LogP contribution in [0.1, 0.15) is 59.3 Å². The topological polar surface area (TPSA) is 86.7 Å². The van der Waals surface area contributed by atoms with E-state index in [-0.39, 0.29) is 18.2 Å². The van der Waals surface area contributed by atoms with Crippen LogP contribution < -0.4 is 5.32 Å². The van der Waals surface area contributed by atoms with Crippen LogP contribution >= 0.6 is 0 Å². The van der Waals surface area contributed by atoms with Gasteiger partial charge in [-0.05, 0) is 31.6 Å². The molecule has 0 saturated carbocycles. The number of carbonyl (C=O) groups is 3. The molecule has 1 aliphatic rings. The monoisotopic (exact) mass is 326 g/mol. The van der Waals surface area contributed by atoms with Crippen molar-refractivity contribution in [2.24, 2.45) is 11.3 Å². The largest absolute Gasteiger partial charge is 0.481 e. The third kappa shape index (κ3) is 7.48. The molecule has 0 bridgehead atoms. The molecular formula is C17H30N2O4. The highest BCUT2D eigenvalue weighted by molar-refractivity contribution is 5.81. The van der Waals surface area contributed by atoms with E-state index < -0.39 is 11.4 Å². The molecule has 0 aromatic rings. The Balaban J connectivity index is 2.32. The molecule has 23 heavy (non-hydrogen) atoms. The molecule has 0 aromatic heterocycles. The molecule has 6 heteroatoms.